The van der Waals surface area contributed by atoms with Gasteiger partial charge >= 0.3 is 12.2 Å². The molecule has 0 radical (unpaired) electrons. The number of aromatic amines is 1. The van der Waals surface area contributed by atoms with Crippen molar-refractivity contribution in [3.63, 3.8) is 0 Å². The third-order valence-corrected chi connectivity index (χ3v) is 6.81. The fraction of sp³-hybridized carbons (Fsp3) is 0.333. The molecule has 0 spiro atoms. The van der Waals surface area contributed by atoms with E-state index in [1.165, 1.54) is 29.2 Å². The first-order valence-electron chi connectivity index (χ1n) is 13.5. The predicted molar refractivity (Wildman–Crippen MR) is 153 cm³/mol. The number of nitrogens with zero attached hydrogens (tertiary/aromatic N) is 5. The van der Waals surface area contributed by atoms with E-state index >= 15 is 0 Å². The van der Waals surface area contributed by atoms with Gasteiger partial charge < -0.3 is 31.7 Å². The molecular weight excluding hydrogens is 585 g/mol. The van der Waals surface area contributed by atoms with E-state index in [0.29, 0.717) is 42.2 Å². The minimum atomic E-state index is -4.63. The highest BCUT2D eigenvalue weighted by atomic mass is 19.4. The molecule has 1 atom stereocenters. The number of H-pyrrole nitrogens is 1. The maximum absolute atomic E-state index is 13.4. The van der Waals surface area contributed by atoms with Crippen molar-refractivity contribution in [3.8, 4) is 11.3 Å². The van der Waals surface area contributed by atoms with Crippen LogP contribution in [0.25, 0.3) is 16.9 Å². The predicted octanol–water partition coefficient (Wildman–Crippen LogP) is 2.62. The quantitative estimate of drug-likeness (QED) is 0.127. The molecule has 1 aliphatic heterocycles. The van der Waals surface area contributed by atoms with Crippen molar-refractivity contribution < 1.29 is 32.7 Å². The number of urea groups is 1. The number of hydrogen-bond donors (Lipinski definition) is 6. The first kappa shape index (κ1) is 31.7. The van der Waals surface area contributed by atoms with E-state index in [9.17, 15) is 22.8 Å². The van der Waals surface area contributed by atoms with Gasteiger partial charge in [0.2, 0.25) is 0 Å². The summed E-state index contributed by atoms with van der Waals surface area (Å²) in [5, 5.41) is 21.3. The third-order valence-electron chi connectivity index (χ3n) is 6.81. The largest absolute Gasteiger partial charge is 0.483 e. The van der Waals surface area contributed by atoms with Crippen LogP contribution in [0.2, 0.25) is 0 Å². The highest BCUT2D eigenvalue weighted by Gasteiger charge is 2.37. The minimum absolute atomic E-state index is 0.000152. The minimum Gasteiger partial charge on any atom is -0.483 e. The number of nitrogens with two attached hydrogens (primary N) is 1. The molecule has 4 heterocycles. The number of carboxylic acid groups (broad SMARTS) is 1. The number of nitrogens with one attached hydrogen (secondary N) is 4. The van der Waals surface area contributed by atoms with Gasteiger partial charge in [-0.05, 0) is 36.6 Å². The van der Waals surface area contributed by atoms with Crippen molar-refractivity contribution in [2.45, 2.75) is 32.0 Å². The molecular formula is C27H31F3N10O4. The third kappa shape index (κ3) is 7.23. The lowest BCUT2D eigenvalue weighted by molar-refractivity contribution is -0.140. The number of aromatic nitrogens is 5. The van der Waals surface area contributed by atoms with E-state index in [4.69, 9.17) is 15.6 Å². The summed E-state index contributed by atoms with van der Waals surface area (Å²) in [4.78, 5) is 43.6. The highest BCUT2D eigenvalue weighted by molar-refractivity contribution is 5.96. The van der Waals surface area contributed by atoms with Crippen molar-refractivity contribution >= 4 is 35.6 Å². The van der Waals surface area contributed by atoms with Crippen molar-refractivity contribution in [2.24, 2.45) is 5.73 Å². The zero-order valence-corrected chi connectivity index (χ0v) is 23.6. The van der Waals surface area contributed by atoms with Gasteiger partial charge in [-0.15, -0.1) is 0 Å². The number of halogens is 3. The lowest BCUT2D eigenvalue weighted by Gasteiger charge is -2.17. The van der Waals surface area contributed by atoms with Gasteiger partial charge in [-0.1, -0.05) is 6.92 Å². The summed E-state index contributed by atoms with van der Waals surface area (Å²) in [6, 6.07) is 4.99. The fourth-order valence-corrected chi connectivity index (χ4v) is 4.75. The lowest BCUT2D eigenvalue weighted by Crippen LogP contribution is -2.42. The number of imidazole rings is 1. The number of fused-ring (bicyclic) bond motifs is 1. The number of hydrogen-bond acceptors (Lipinski definition) is 8. The van der Waals surface area contributed by atoms with Gasteiger partial charge in [0.1, 0.15) is 0 Å². The Morgan fingerprint density at radius 3 is 2.66 bits per heavy atom. The smallest absolute Gasteiger partial charge is 0.435 e. The number of anilines is 2. The Morgan fingerprint density at radius 1 is 1.23 bits per heavy atom. The molecule has 1 aromatic carbocycles. The van der Waals surface area contributed by atoms with Crippen molar-refractivity contribution in [2.75, 3.05) is 31.5 Å². The second kappa shape index (κ2) is 13.9. The summed E-state index contributed by atoms with van der Waals surface area (Å²) in [5.74, 6) is 0.0503. The van der Waals surface area contributed by atoms with Crippen LogP contribution in [0.5, 0.6) is 0 Å². The van der Waals surface area contributed by atoms with E-state index < -0.39 is 11.9 Å². The van der Waals surface area contributed by atoms with Crippen LogP contribution >= 0.6 is 0 Å². The number of carbonyl (C=O) groups excluding carboxylic acids is 2. The standard InChI is InChI=1S/C26H29F3N10O2.CH2O2/c1-2-15-11-17(3-4-18(15)24(40)32-6-7-33-25(41)38-9-5-16(30)14-38)36-22-23-34-13-20(39(23)10-8-31-22)19-12-35-37-21(19)26(27,28)29;2-1-3/h3-4,8,10-13,16H,2,5-7,9,14,30H2,1H3,(H,31,36)(H,32,40)(H,33,41)(H,35,37);1H,(H,2,3)/t16-;/m1./s1. The lowest BCUT2D eigenvalue weighted by atomic mass is 10.0. The molecule has 0 saturated carbocycles. The summed E-state index contributed by atoms with van der Waals surface area (Å²) in [7, 11) is 0. The topological polar surface area (TPSA) is 196 Å². The molecule has 3 amide bonds. The second-order valence-corrected chi connectivity index (χ2v) is 9.70. The van der Waals surface area contributed by atoms with E-state index in [0.717, 1.165) is 12.0 Å². The molecule has 1 aliphatic rings. The van der Waals surface area contributed by atoms with E-state index in [-0.39, 0.29) is 48.8 Å². The van der Waals surface area contributed by atoms with Crippen LogP contribution in [0.1, 0.15) is 35.0 Å². The SMILES string of the molecule is CCc1cc(Nc2nccn3c(-c4c[nH]nc4C(F)(F)F)cnc23)ccc1C(=O)NCCNC(=O)N1CC[C@@H](N)C1.O=CO. The maximum atomic E-state index is 13.4. The Balaban J connectivity index is 0.00000141. The zero-order valence-electron chi connectivity index (χ0n) is 23.6. The molecule has 3 aromatic heterocycles. The monoisotopic (exact) mass is 616 g/mol. The Bertz CT molecular complexity index is 1620. The van der Waals surface area contributed by atoms with Crippen LogP contribution in [0, 0.1) is 0 Å². The van der Waals surface area contributed by atoms with Gasteiger partial charge in [0.25, 0.3) is 12.4 Å². The zero-order chi connectivity index (χ0) is 31.9. The van der Waals surface area contributed by atoms with E-state index in [2.05, 4.69) is 36.1 Å². The van der Waals surface area contributed by atoms with Crippen molar-refractivity contribution in [1.82, 2.24) is 40.1 Å². The van der Waals surface area contributed by atoms with Crippen LogP contribution in [0.4, 0.5) is 29.5 Å². The van der Waals surface area contributed by atoms with Crippen molar-refractivity contribution in [1.29, 1.82) is 0 Å². The first-order chi connectivity index (χ1) is 21.1. The molecule has 234 valence electrons. The molecule has 17 heteroatoms. The number of benzene rings is 1. The van der Waals surface area contributed by atoms with Crippen LogP contribution in [-0.2, 0) is 17.4 Å². The van der Waals surface area contributed by atoms with Gasteiger partial charge in [0, 0.05) is 62.1 Å². The Morgan fingerprint density at radius 2 is 1.98 bits per heavy atom. The van der Waals surface area contributed by atoms with Gasteiger partial charge in [-0.25, -0.2) is 14.8 Å². The molecule has 0 aliphatic carbocycles. The summed E-state index contributed by atoms with van der Waals surface area (Å²) in [5.41, 5.74) is 7.07. The molecule has 1 fully saturated rings. The molecule has 44 heavy (non-hydrogen) atoms. The van der Waals surface area contributed by atoms with Crippen LogP contribution in [0.15, 0.2) is 43.0 Å². The molecule has 4 aromatic rings. The average Bonchev–Trinajstić information content (AvgIpc) is 3.75. The fourth-order valence-electron chi connectivity index (χ4n) is 4.75. The van der Waals surface area contributed by atoms with Crippen LogP contribution in [0.3, 0.4) is 0 Å². The summed E-state index contributed by atoms with van der Waals surface area (Å²) in [6.45, 7) is 3.35. The summed E-state index contributed by atoms with van der Waals surface area (Å²) >= 11 is 0. The summed E-state index contributed by atoms with van der Waals surface area (Å²) < 4.78 is 41.7. The molecule has 7 N–H and O–H groups in total. The number of alkyl halides is 3. The number of rotatable bonds is 8. The van der Waals surface area contributed by atoms with Gasteiger partial charge in [-0.2, -0.15) is 18.3 Å². The molecule has 0 bridgehead atoms. The van der Waals surface area contributed by atoms with Gasteiger partial charge in [-0.3, -0.25) is 19.1 Å². The van der Waals surface area contributed by atoms with Crippen LogP contribution in [-0.4, -0.2) is 85.2 Å². The first-order valence-corrected chi connectivity index (χ1v) is 13.5. The molecule has 5 rings (SSSR count). The average molecular weight is 617 g/mol. The maximum Gasteiger partial charge on any atom is 0.435 e. The second-order valence-electron chi connectivity index (χ2n) is 9.70. The number of amides is 3. The normalized spacial score (nSPS) is 14.6. The van der Waals surface area contributed by atoms with Gasteiger partial charge in [0.15, 0.2) is 17.2 Å². The van der Waals surface area contributed by atoms with Gasteiger partial charge in [0.05, 0.1) is 17.5 Å². The number of likely N-dealkylation sites (tertiary alicyclic amines) is 1. The molecule has 1 saturated heterocycles. The Hall–Kier alpha value is -5.19. The van der Waals surface area contributed by atoms with Crippen molar-refractivity contribution in [3.05, 3.63) is 59.8 Å². The molecule has 14 nitrogen and oxygen atoms in total. The number of aryl methyl sites for hydroxylation is 1. The Kier molecular flexibility index (Phi) is 9.99. The summed E-state index contributed by atoms with van der Waals surface area (Å²) in [6.07, 6.45) is 2.18. The molecule has 0 unspecified atom stereocenters. The van der Waals surface area contributed by atoms with E-state index in [1.807, 2.05) is 6.92 Å². The Labute approximate surface area is 248 Å². The highest BCUT2D eigenvalue weighted by Crippen LogP contribution is 2.36. The van der Waals surface area contributed by atoms with E-state index in [1.54, 1.807) is 23.1 Å². The number of carbonyl (C=O) groups is 3. The van der Waals surface area contributed by atoms with Crippen LogP contribution < -0.4 is 21.7 Å².